The molecule has 0 bridgehead atoms. The Labute approximate surface area is 138 Å². The second kappa shape index (κ2) is 8.65. The van der Waals surface area contributed by atoms with Gasteiger partial charge in [-0.25, -0.2) is 0 Å². The van der Waals surface area contributed by atoms with Crippen LogP contribution in [0.2, 0.25) is 0 Å². The van der Waals surface area contributed by atoms with Crippen LogP contribution in [-0.4, -0.2) is 24.1 Å². The lowest BCUT2D eigenvalue weighted by atomic mass is 9.75. The normalized spacial score (nSPS) is 17.9. The lowest BCUT2D eigenvalue weighted by Gasteiger charge is -2.31. The quantitative estimate of drug-likeness (QED) is 0.223. The summed E-state index contributed by atoms with van der Waals surface area (Å²) >= 11 is 0. The molecule has 0 aromatic carbocycles. The average molecular weight is 321 g/mol. The van der Waals surface area contributed by atoms with Crippen LogP contribution in [0, 0.1) is 5.41 Å². The molecule has 1 rings (SSSR count). The molecular weight excluding hydrogens is 294 g/mol. The van der Waals surface area contributed by atoms with E-state index in [0.29, 0.717) is 36.3 Å². The first kappa shape index (κ1) is 19.1. The minimum Gasteiger partial charge on any atom is -0.430 e. The SMILES string of the molecule is C=CCON=C(CCC)C1=C(OC(=O)CC)CC(C)(C)CC1=O. The molecule has 0 amide bonds. The number of allylic oxidation sites excluding steroid dienone is 2. The Balaban J connectivity index is 3.27. The van der Waals surface area contributed by atoms with Crippen molar-refractivity contribution in [3.8, 4) is 0 Å². The lowest BCUT2D eigenvalue weighted by Crippen LogP contribution is -2.31. The van der Waals surface area contributed by atoms with E-state index < -0.39 is 0 Å². The minimum absolute atomic E-state index is 0.0467. The van der Waals surface area contributed by atoms with Crippen LogP contribution in [-0.2, 0) is 19.2 Å². The summed E-state index contributed by atoms with van der Waals surface area (Å²) in [6.45, 7) is 11.6. The molecule has 1 aliphatic rings. The highest BCUT2D eigenvalue weighted by Crippen LogP contribution is 2.38. The van der Waals surface area contributed by atoms with E-state index in [1.165, 1.54) is 0 Å². The number of carbonyl (C=O) groups is 2. The van der Waals surface area contributed by atoms with Gasteiger partial charge in [0.25, 0.3) is 0 Å². The van der Waals surface area contributed by atoms with Crippen LogP contribution >= 0.6 is 0 Å². The van der Waals surface area contributed by atoms with Gasteiger partial charge in [0, 0.05) is 19.3 Å². The number of ether oxygens (including phenoxy) is 1. The van der Waals surface area contributed by atoms with Crippen LogP contribution in [0.1, 0.15) is 59.8 Å². The first-order chi connectivity index (χ1) is 10.8. The third kappa shape index (κ3) is 5.66. The lowest BCUT2D eigenvalue weighted by molar-refractivity contribution is -0.140. The number of esters is 1. The van der Waals surface area contributed by atoms with Gasteiger partial charge in [-0.2, -0.15) is 0 Å². The molecule has 0 fully saturated rings. The van der Waals surface area contributed by atoms with Crippen LogP contribution in [0.15, 0.2) is 29.1 Å². The van der Waals surface area contributed by atoms with E-state index >= 15 is 0 Å². The predicted molar refractivity (Wildman–Crippen MR) is 89.9 cm³/mol. The molecule has 0 saturated heterocycles. The monoisotopic (exact) mass is 321 g/mol. The van der Waals surface area contributed by atoms with Gasteiger partial charge in [0.15, 0.2) is 5.78 Å². The molecule has 0 saturated carbocycles. The maximum atomic E-state index is 12.6. The molecule has 0 atom stereocenters. The van der Waals surface area contributed by atoms with Crippen molar-refractivity contribution < 1.29 is 19.2 Å². The molecule has 0 radical (unpaired) electrons. The van der Waals surface area contributed by atoms with Crippen molar-refractivity contribution in [2.45, 2.75) is 59.8 Å². The summed E-state index contributed by atoms with van der Waals surface area (Å²) in [6.07, 6.45) is 4.19. The summed E-state index contributed by atoms with van der Waals surface area (Å²) in [7, 11) is 0. The molecule has 0 aromatic heterocycles. The van der Waals surface area contributed by atoms with E-state index in [2.05, 4.69) is 11.7 Å². The summed E-state index contributed by atoms with van der Waals surface area (Å²) in [4.78, 5) is 29.5. The first-order valence-corrected chi connectivity index (χ1v) is 8.11. The number of rotatable bonds is 8. The van der Waals surface area contributed by atoms with Gasteiger partial charge in [0.2, 0.25) is 0 Å². The fourth-order valence-corrected chi connectivity index (χ4v) is 2.50. The molecule has 128 valence electrons. The van der Waals surface area contributed by atoms with Gasteiger partial charge in [0.05, 0.1) is 11.3 Å². The maximum Gasteiger partial charge on any atom is 0.310 e. The van der Waals surface area contributed by atoms with Crippen LogP contribution < -0.4 is 0 Å². The summed E-state index contributed by atoms with van der Waals surface area (Å²) in [5.74, 6) is 0.0351. The van der Waals surface area contributed by atoms with E-state index in [-0.39, 0.29) is 30.2 Å². The molecule has 1 aliphatic carbocycles. The van der Waals surface area contributed by atoms with Crippen molar-refractivity contribution >= 4 is 17.5 Å². The molecule has 0 aromatic rings. The van der Waals surface area contributed by atoms with Crippen LogP contribution in [0.4, 0.5) is 0 Å². The Bertz CT molecular complexity index is 529. The Hall–Kier alpha value is -1.91. The van der Waals surface area contributed by atoms with Gasteiger partial charge < -0.3 is 9.57 Å². The van der Waals surface area contributed by atoms with E-state index in [1.807, 2.05) is 20.8 Å². The third-order valence-corrected chi connectivity index (χ3v) is 3.50. The van der Waals surface area contributed by atoms with Crippen molar-refractivity contribution in [3.05, 3.63) is 24.0 Å². The number of Topliss-reactive ketones (excluding diaryl/α,β-unsaturated/α-hetero) is 1. The molecule has 0 spiro atoms. The van der Waals surface area contributed by atoms with Gasteiger partial charge >= 0.3 is 5.97 Å². The van der Waals surface area contributed by atoms with Crippen LogP contribution in [0.5, 0.6) is 0 Å². The standard InChI is InChI=1S/C18H27NO4/c1-6-9-13(19-22-10-7-2)17-14(20)11-18(4,5)12-15(17)23-16(21)8-3/h7H,2,6,8-12H2,1,3-5H3. The second-order valence-electron chi connectivity index (χ2n) is 6.44. The largest absolute Gasteiger partial charge is 0.430 e. The van der Waals surface area contributed by atoms with Crippen molar-refractivity contribution in [1.29, 1.82) is 0 Å². The number of carbonyl (C=O) groups excluding carboxylic acids is 2. The predicted octanol–water partition coefficient (Wildman–Crippen LogP) is 3.94. The van der Waals surface area contributed by atoms with Crippen molar-refractivity contribution in [3.63, 3.8) is 0 Å². The summed E-state index contributed by atoms with van der Waals surface area (Å²) in [5.41, 5.74) is 0.731. The smallest absolute Gasteiger partial charge is 0.310 e. The maximum absolute atomic E-state index is 12.6. The Morgan fingerprint density at radius 1 is 1.35 bits per heavy atom. The molecule has 5 heteroatoms. The van der Waals surface area contributed by atoms with Crippen molar-refractivity contribution in [2.75, 3.05) is 6.61 Å². The molecule has 0 heterocycles. The summed E-state index contributed by atoms with van der Waals surface area (Å²) < 4.78 is 5.46. The van der Waals surface area contributed by atoms with Crippen molar-refractivity contribution in [2.24, 2.45) is 10.6 Å². The minimum atomic E-state index is -0.342. The van der Waals surface area contributed by atoms with E-state index in [1.54, 1.807) is 13.0 Å². The fraction of sp³-hybridized carbons (Fsp3) is 0.611. The molecule has 0 N–H and O–H groups in total. The second-order valence-corrected chi connectivity index (χ2v) is 6.44. The molecule has 0 unspecified atom stereocenters. The Morgan fingerprint density at radius 3 is 2.61 bits per heavy atom. The van der Waals surface area contributed by atoms with E-state index in [4.69, 9.17) is 9.57 Å². The molecular formula is C18H27NO4. The van der Waals surface area contributed by atoms with E-state index in [9.17, 15) is 9.59 Å². The molecule has 0 aliphatic heterocycles. The average Bonchev–Trinajstić information content (AvgIpc) is 2.45. The van der Waals surface area contributed by atoms with Gasteiger partial charge in [-0.05, 0) is 11.8 Å². The van der Waals surface area contributed by atoms with E-state index in [0.717, 1.165) is 6.42 Å². The molecule has 5 nitrogen and oxygen atoms in total. The number of nitrogens with zero attached hydrogens (tertiary/aromatic N) is 1. The number of oxime groups is 1. The highest BCUT2D eigenvalue weighted by molar-refractivity contribution is 6.23. The highest BCUT2D eigenvalue weighted by Gasteiger charge is 2.36. The fourth-order valence-electron chi connectivity index (χ4n) is 2.50. The summed E-state index contributed by atoms with van der Waals surface area (Å²) in [5, 5.41) is 4.08. The zero-order valence-electron chi connectivity index (χ0n) is 14.6. The zero-order chi connectivity index (χ0) is 17.5. The van der Waals surface area contributed by atoms with Crippen LogP contribution in [0.3, 0.4) is 0 Å². The first-order valence-electron chi connectivity index (χ1n) is 8.11. The highest BCUT2D eigenvalue weighted by atomic mass is 16.6. The Kier molecular flexibility index (Phi) is 7.20. The number of hydrogen-bond donors (Lipinski definition) is 0. The van der Waals surface area contributed by atoms with Gasteiger partial charge in [-0.3, -0.25) is 9.59 Å². The third-order valence-electron chi connectivity index (χ3n) is 3.50. The van der Waals surface area contributed by atoms with Crippen LogP contribution in [0.25, 0.3) is 0 Å². The van der Waals surface area contributed by atoms with Crippen molar-refractivity contribution in [1.82, 2.24) is 0 Å². The topological polar surface area (TPSA) is 65.0 Å². The number of hydrogen-bond acceptors (Lipinski definition) is 5. The van der Waals surface area contributed by atoms with Gasteiger partial charge in [0.1, 0.15) is 12.4 Å². The Morgan fingerprint density at radius 2 is 2.04 bits per heavy atom. The zero-order valence-corrected chi connectivity index (χ0v) is 14.6. The van der Waals surface area contributed by atoms with Gasteiger partial charge in [-0.15, -0.1) is 0 Å². The number of ketones is 1. The van der Waals surface area contributed by atoms with Gasteiger partial charge in [-0.1, -0.05) is 51.9 Å². The summed E-state index contributed by atoms with van der Waals surface area (Å²) in [6, 6.07) is 0. The molecule has 23 heavy (non-hydrogen) atoms.